The summed E-state index contributed by atoms with van der Waals surface area (Å²) in [5.41, 5.74) is 1.28. The van der Waals surface area contributed by atoms with Crippen molar-refractivity contribution in [2.45, 2.75) is 6.92 Å². The normalized spacial score (nSPS) is 14.9. The minimum absolute atomic E-state index is 0.172. The number of allylic oxidation sites excluding steroid dienone is 4. The van der Waals surface area contributed by atoms with E-state index in [0.717, 1.165) is 0 Å². The van der Waals surface area contributed by atoms with Crippen LogP contribution in [0, 0.1) is 0 Å². The summed E-state index contributed by atoms with van der Waals surface area (Å²) in [4.78, 5) is 23.6. The fourth-order valence-corrected chi connectivity index (χ4v) is 1.62. The van der Waals surface area contributed by atoms with Crippen LogP contribution in [0.25, 0.3) is 0 Å². The Morgan fingerprint density at radius 1 is 1.00 bits per heavy atom. The first-order valence-electron chi connectivity index (χ1n) is 4.77. The lowest BCUT2D eigenvalue weighted by molar-refractivity contribution is 0.0989. The molecule has 0 bridgehead atoms. The molecular formula is C13H10O2. The van der Waals surface area contributed by atoms with Crippen LogP contribution in [0.2, 0.25) is 0 Å². The molecule has 2 heteroatoms. The van der Waals surface area contributed by atoms with E-state index in [2.05, 4.69) is 0 Å². The summed E-state index contributed by atoms with van der Waals surface area (Å²) >= 11 is 0. The Morgan fingerprint density at radius 3 is 2.00 bits per heavy atom. The predicted octanol–water partition coefficient (Wildman–Crippen LogP) is 2.57. The molecule has 0 radical (unpaired) electrons. The van der Waals surface area contributed by atoms with Gasteiger partial charge in [-0.3, -0.25) is 9.59 Å². The number of ketones is 2. The predicted molar refractivity (Wildman–Crippen MR) is 58.0 cm³/mol. The number of carbonyl (C=O) groups excluding carboxylic acids is 2. The van der Waals surface area contributed by atoms with Crippen molar-refractivity contribution in [1.29, 1.82) is 0 Å². The molecule has 0 spiro atoms. The Hall–Kier alpha value is -1.96. The van der Waals surface area contributed by atoms with Crippen molar-refractivity contribution in [2.75, 3.05) is 0 Å². The zero-order valence-corrected chi connectivity index (χ0v) is 8.36. The summed E-state index contributed by atoms with van der Waals surface area (Å²) in [5, 5.41) is 0. The molecule has 0 fully saturated rings. The van der Waals surface area contributed by atoms with Crippen LogP contribution >= 0.6 is 0 Å². The van der Waals surface area contributed by atoms with Crippen LogP contribution < -0.4 is 0 Å². The van der Waals surface area contributed by atoms with E-state index in [1.165, 1.54) is 0 Å². The van der Waals surface area contributed by atoms with Gasteiger partial charge in [0.1, 0.15) is 0 Å². The molecule has 0 N–H and O–H groups in total. The van der Waals surface area contributed by atoms with Crippen LogP contribution in [-0.4, -0.2) is 11.6 Å². The molecule has 74 valence electrons. The average Bonchev–Trinajstić information content (AvgIpc) is 2.51. The van der Waals surface area contributed by atoms with Crippen molar-refractivity contribution in [3.63, 3.8) is 0 Å². The molecule has 0 unspecified atom stereocenters. The van der Waals surface area contributed by atoms with Crippen LogP contribution in [0.15, 0.2) is 48.1 Å². The minimum atomic E-state index is -0.172. The van der Waals surface area contributed by atoms with Gasteiger partial charge in [0.15, 0.2) is 11.6 Å². The minimum Gasteiger partial charge on any atom is -0.288 e. The summed E-state index contributed by atoms with van der Waals surface area (Å²) < 4.78 is 0. The Balaban J connectivity index is 2.55. The number of rotatable bonds is 1. The zero-order chi connectivity index (χ0) is 10.8. The van der Waals surface area contributed by atoms with Gasteiger partial charge in [0.25, 0.3) is 0 Å². The molecule has 1 aromatic rings. The highest BCUT2D eigenvalue weighted by atomic mass is 16.2. The fraction of sp³-hybridized carbons (Fsp3) is 0.0769. The molecule has 2 nitrogen and oxygen atoms in total. The largest absolute Gasteiger partial charge is 0.288 e. The van der Waals surface area contributed by atoms with Gasteiger partial charge in [0.05, 0.1) is 5.57 Å². The van der Waals surface area contributed by atoms with Crippen molar-refractivity contribution >= 4 is 11.6 Å². The quantitative estimate of drug-likeness (QED) is 0.513. The van der Waals surface area contributed by atoms with E-state index in [1.807, 2.05) is 6.92 Å². The van der Waals surface area contributed by atoms with Gasteiger partial charge >= 0.3 is 0 Å². The molecule has 1 aliphatic carbocycles. The van der Waals surface area contributed by atoms with Gasteiger partial charge in [-0.2, -0.15) is 0 Å². The van der Waals surface area contributed by atoms with Gasteiger partial charge in [-0.25, -0.2) is 0 Å². The lowest BCUT2D eigenvalue weighted by atomic mass is 10.1. The summed E-state index contributed by atoms with van der Waals surface area (Å²) in [6.07, 6.45) is 5.07. The van der Waals surface area contributed by atoms with Crippen LogP contribution in [-0.2, 0) is 0 Å². The lowest BCUT2D eigenvalue weighted by Gasteiger charge is -1.90. The molecule has 0 atom stereocenters. The van der Waals surface area contributed by atoms with Crippen molar-refractivity contribution in [3.05, 3.63) is 59.2 Å². The third-order valence-electron chi connectivity index (χ3n) is 2.36. The molecule has 1 aliphatic rings. The van der Waals surface area contributed by atoms with E-state index < -0.39 is 0 Å². The second-order valence-corrected chi connectivity index (χ2v) is 3.31. The zero-order valence-electron chi connectivity index (χ0n) is 8.36. The van der Waals surface area contributed by atoms with Crippen molar-refractivity contribution in [2.24, 2.45) is 0 Å². The monoisotopic (exact) mass is 198 g/mol. The first kappa shape index (κ1) is 9.59. The summed E-state index contributed by atoms with van der Waals surface area (Å²) in [5.74, 6) is -0.345. The number of hydrogen-bond acceptors (Lipinski definition) is 2. The smallest absolute Gasteiger partial charge is 0.197 e. The van der Waals surface area contributed by atoms with E-state index in [0.29, 0.717) is 11.1 Å². The third kappa shape index (κ3) is 1.44. The highest BCUT2D eigenvalue weighted by Gasteiger charge is 2.31. The molecule has 1 aromatic carbocycles. The van der Waals surface area contributed by atoms with Crippen LogP contribution in [0.5, 0.6) is 0 Å². The van der Waals surface area contributed by atoms with Crippen molar-refractivity contribution in [1.82, 2.24) is 0 Å². The van der Waals surface area contributed by atoms with Gasteiger partial charge in [-0.15, -0.1) is 0 Å². The van der Waals surface area contributed by atoms with Gasteiger partial charge in [-0.1, -0.05) is 36.4 Å². The van der Waals surface area contributed by atoms with Gasteiger partial charge < -0.3 is 0 Å². The standard InChI is InChI=1S/C13H10O2/c1-2-3-6-11-12(14)9-7-4-5-8-10(9)13(11)15/h2-8H,1H3. The Kier molecular flexibility index (Phi) is 2.34. The number of benzene rings is 1. The lowest BCUT2D eigenvalue weighted by Crippen LogP contribution is -1.99. The first-order valence-corrected chi connectivity index (χ1v) is 4.77. The Labute approximate surface area is 87.9 Å². The second-order valence-electron chi connectivity index (χ2n) is 3.31. The maximum atomic E-state index is 11.8. The molecule has 0 aliphatic heterocycles. The maximum Gasteiger partial charge on any atom is 0.197 e. The van der Waals surface area contributed by atoms with E-state index in [4.69, 9.17) is 0 Å². The molecule has 15 heavy (non-hydrogen) atoms. The summed E-state index contributed by atoms with van der Waals surface area (Å²) in [7, 11) is 0. The average molecular weight is 198 g/mol. The highest BCUT2D eigenvalue weighted by molar-refractivity contribution is 6.39. The molecule has 0 saturated heterocycles. The number of Topliss-reactive ketones (excluding diaryl/α,β-unsaturated/α-hetero) is 2. The molecule has 0 saturated carbocycles. The van der Waals surface area contributed by atoms with Crippen LogP contribution in [0.4, 0.5) is 0 Å². The Bertz CT molecular complexity index is 456. The highest BCUT2D eigenvalue weighted by Crippen LogP contribution is 2.25. The molecule has 0 aromatic heterocycles. The van der Waals surface area contributed by atoms with E-state index in [9.17, 15) is 9.59 Å². The van der Waals surface area contributed by atoms with Crippen molar-refractivity contribution < 1.29 is 9.59 Å². The van der Waals surface area contributed by atoms with E-state index in [-0.39, 0.29) is 17.1 Å². The van der Waals surface area contributed by atoms with Gasteiger partial charge in [-0.05, 0) is 13.0 Å². The first-order chi connectivity index (χ1) is 7.25. The molecule has 0 amide bonds. The molecule has 0 heterocycles. The van der Waals surface area contributed by atoms with Crippen molar-refractivity contribution in [3.8, 4) is 0 Å². The Morgan fingerprint density at radius 2 is 1.53 bits per heavy atom. The van der Waals surface area contributed by atoms with Crippen LogP contribution in [0.1, 0.15) is 27.6 Å². The fourth-order valence-electron chi connectivity index (χ4n) is 1.62. The summed E-state index contributed by atoms with van der Waals surface area (Å²) in [6.45, 7) is 1.84. The number of carbonyl (C=O) groups is 2. The SMILES string of the molecule is CC=CC=C1C(=O)c2ccccc2C1=O. The van der Waals surface area contributed by atoms with Gasteiger partial charge in [0, 0.05) is 11.1 Å². The molecular weight excluding hydrogens is 188 g/mol. The van der Waals surface area contributed by atoms with Gasteiger partial charge in [0.2, 0.25) is 0 Å². The molecule has 2 rings (SSSR count). The number of hydrogen-bond donors (Lipinski definition) is 0. The van der Waals surface area contributed by atoms with E-state index in [1.54, 1.807) is 42.5 Å². The topological polar surface area (TPSA) is 34.1 Å². The third-order valence-corrected chi connectivity index (χ3v) is 2.36. The second kappa shape index (κ2) is 3.65. The maximum absolute atomic E-state index is 11.8. The van der Waals surface area contributed by atoms with Crippen LogP contribution in [0.3, 0.4) is 0 Å². The number of fused-ring (bicyclic) bond motifs is 1. The van der Waals surface area contributed by atoms with E-state index >= 15 is 0 Å². The summed E-state index contributed by atoms with van der Waals surface area (Å²) in [6, 6.07) is 6.91.